The van der Waals surface area contributed by atoms with Crippen molar-refractivity contribution in [3.05, 3.63) is 11.1 Å². The molecule has 2 fully saturated rings. The largest absolute Gasteiger partial charge is 0.375 e. The molecular weight excluding hydrogens is 248 g/mol. The number of hydrogen-bond donors (Lipinski definition) is 2. The number of nitrogens with two attached hydrogens (primary N) is 1. The Balaban J connectivity index is 1.50. The molecule has 2 aliphatic rings. The smallest absolute Gasteiger partial charge is 0.271 e. The number of nitrogens with one attached hydrogen (secondary N) is 1. The standard InChI is InChI=1S/C12H18N4OS/c13-12-15-10(7-18-12)11(17)14-8-3-5-16(6-4-8)9-1-2-9/h7-9H,1-6H2,(H2,13,15)(H,14,17). The van der Waals surface area contributed by atoms with Crippen LogP contribution in [0.25, 0.3) is 0 Å². The molecule has 6 heteroatoms. The highest BCUT2D eigenvalue weighted by atomic mass is 32.1. The lowest BCUT2D eigenvalue weighted by molar-refractivity contribution is 0.0905. The van der Waals surface area contributed by atoms with Crippen molar-refractivity contribution in [1.29, 1.82) is 0 Å². The lowest BCUT2D eigenvalue weighted by Gasteiger charge is -2.32. The van der Waals surface area contributed by atoms with Crippen LogP contribution in [0.1, 0.15) is 36.2 Å². The van der Waals surface area contributed by atoms with Gasteiger partial charge in [0, 0.05) is 30.6 Å². The van der Waals surface area contributed by atoms with Crippen LogP contribution in [0.15, 0.2) is 5.38 Å². The second-order valence-electron chi connectivity index (χ2n) is 5.09. The van der Waals surface area contributed by atoms with Crippen LogP contribution in [-0.2, 0) is 0 Å². The topological polar surface area (TPSA) is 71.2 Å². The van der Waals surface area contributed by atoms with Gasteiger partial charge in [-0.3, -0.25) is 4.79 Å². The van der Waals surface area contributed by atoms with Crippen molar-refractivity contribution in [3.63, 3.8) is 0 Å². The summed E-state index contributed by atoms with van der Waals surface area (Å²) in [4.78, 5) is 18.5. The highest BCUT2D eigenvalue weighted by molar-refractivity contribution is 7.13. The molecule has 1 aliphatic carbocycles. The molecule has 0 atom stereocenters. The monoisotopic (exact) mass is 266 g/mol. The number of amides is 1. The summed E-state index contributed by atoms with van der Waals surface area (Å²) in [6.07, 6.45) is 4.80. The van der Waals surface area contributed by atoms with Crippen molar-refractivity contribution >= 4 is 22.4 Å². The molecule has 1 aliphatic heterocycles. The quantitative estimate of drug-likeness (QED) is 0.859. The van der Waals surface area contributed by atoms with Gasteiger partial charge in [0.05, 0.1) is 0 Å². The van der Waals surface area contributed by atoms with Gasteiger partial charge in [-0.25, -0.2) is 4.98 Å². The molecule has 3 rings (SSSR count). The molecule has 2 heterocycles. The molecule has 5 nitrogen and oxygen atoms in total. The van der Waals surface area contributed by atoms with Crippen molar-refractivity contribution in [2.75, 3.05) is 18.8 Å². The van der Waals surface area contributed by atoms with Crippen LogP contribution in [0.4, 0.5) is 5.13 Å². The van der Waals surface area contributed by atoms with Crippen LogP contribution in [0.2, 0.25) is 0 Å². The minimum atomic E-state index is -0.0900. The number of aromatic nitrogens is 1. The van der Waals surface area contributed by atoms with Gasteiger partial charge in [0.25, 0.3) is 5.91 Å². The predicted molar refractivity (Wildman–Crippen MR) is 71.6 cm³/mol. The molecule has 0 aromatic carbocycles. The minimum absolute atomic E-state index is 0.0900. The van der Waals surface area contributed by atoms with E-state index in [4.69, 9.17) is 5.73 Å². The average Bonchev–Trinajstić information content (AvgIpc) is 3.12. The van der Waals surface area contributed by atoms with Crippen LogP contribution in [0, 0.1) is 0 Å². The third-order valence-electron chi connectivity index (χ3n) is 3.68. The summed E-state index contributed by atoms with van der Waals surface area (Å²) in [6, 6.07) is 1.12. The summed E-state index contributed by atoms with van der Waals surface area (Å²) in [5.74, 6) is -0.0900. The van der Waals surface area contributed by atoms with Crippen LogP contribution in [0.3, 0.4) is 0 Å². The Hall–Kier alpha value is -1.14. The summed E-state index contributed by atoms with van der Waals surface area (Å²) < 4.78 is 0. The number of thiazole rings is 1. The maximum Gasteiger partial charge on any atom is 0.271 e. The Morgan fingerprint density at radius 3 is 2.67 bits per heavy atom. The number of nitrogens with zero attached hydrogens (tertiary/aromatic N) is 2. The average molecular weight is 266 g/mol. The summed E-state index contributed by atoms with van der Waals surface area (Å²) in [7, 11) is 0. The number of likely N-dealkylation sites (tertiary alicyclic amines) is 1. The highest BCUT2D eigenvalue weighted by Crippen LogP contribution is 2.29. The highest BCUT2D eigenvalue weighted by Gasteiger charge is 2.32. The second-order valence-corrected chi connectivity index (χ2v) is 5.98. The number of carbonyl (C=O) groups is 1. The van der Waals surface area contributed by atoms with Crippen LogP contribution in [0.5, 0.6) is 0 Å². The predicted octanol–water partition coefficient (Wildman–Crippen LogP) is 1.08. The van der Waals surface area contributed by atoms with Gasteiger partial charge in [-0.15, -0.1) is 11.3 Å². The maximum atomic E-state index is 11.9. The van der Waals surface area contributed by atoms with Crippen molar-refractivity contribution < 1.29 is 4.79 Å². The lowest BCUT2D eigenvalue weighted by Crippen LogP contribution is -2.45. The van der Waals surface area contributed by atoms with Crippen molar-refractivity contribution in [3.8, 4) is 0 Å². The third-order valence-corrected chi connectivity index (χ3v) is 4.36. The van der Waals surface area contributed by atoms with Gasteiger partial charge in [0.15, 0.2) is 5.13 Å². The van der Waals surface area contributed by atoms with E-state index in [9.17, 15) is 4.79 Å². The zero-order valence-electron chi connectivity index (χ0n) is 10.3. The Kier molecular flexibility index (Phi) is 3.22. The molecule has 1 saturated heterocycles. The Morgan fingerprint density at radius 1 is 1.39 bits per heavy atom. The number of carbonyl (C=O) groups excluding carboxylic acids is 1. The number of rotatable bonds is 3. The molecule has 18 heavy (non-hydrogen) atoms. The van der Waals surface area contributed by atoms with Gasteiger partial charge in [0.2, 0.25) is 0 Å². The summed E-state index contributed by atoms with van der Waals surface area (Å²) >= 11 is 1.30. The van der Waals surface area contributed by atoms with Gasteiger partial charge in [-0.05, 0) is 25.7 Å². The van der Waals surface area contributed by atoms with Crippen LogP contribution >= 0.6 is 11.3 Å². The second kappa shape index (κ2) is 4.85. The van der Waals surface area contributed by atoms with Crippen molar-refractivity contribution in [1.82, 2.24) is 15.2 Å². The zero-order chi connectivity index (χ0) is 12.5. The molecule has 1 saturated carbocycles. The van der Waals surface area contributed by atoms with E-state index in [1.54, 1.807) is 5.38 Å². The molecule has 0 radical (unpaired) electrons. The molecule has 0 unspecified atom stereocenters. The van der Waals surface area contributed by atoms with Gasteiger partial charge in [-0.2, -0.15) is 0 Å². The number of anilines is 1. The fraction of sp³-hybridized carbons (Fsp3) is 0.667. The van der Waals surface area contributed by atoms with Crippen LogP contribution in [-0.4, -0.2) is 41.0 Å². The lowest BCUT2D eigenvalue weighted by atomic mass is 10.0. The normalized spacial score (nSPS) is 22.0. The number of hydrogen-bond acceptors (Lipinski definition) is 5. The van der Waals surface area contributed by atoms with Gasteiger partial charge in [-0.1, -0.05) is 0 Å². The maximum absolute atomic E-state index is 11.9. The number of piperidine rings is 1. The first-order valence-electron chi connectivity index (χ1n) is 6.48. The number of nitrogen functional groups attached to an aromatic ring is 1. The third kappa shape index (κ3) is 2.64. The van der Waals surface area contributed by atoms with Crippen LogP contribution < -0.4 is 11.1 Å². The van der Waals surface area contributed by atoms with E-state index in [1.165, 1.54) is 24.2 Å². The van der Waals surface area contributed by atoms with E-state index < -0.39 is 0 Å². The zero-order valence-corrected chi connectivity index (χ0v) is 11.1. The first-order valence-corrected chi connectivity index (χ1v) is 7.36. The fourth-order valence-electron chi connectivity index (χ4n) is 2.50. The van der Waals surface area contributed by atoms with Gasteiger partial charge >= 0.3 is 0 Å². The molecule has 3 N–H and O–H groups in total. The summed E-state index contributed by atoms with van der Waals surface area (Å²) in [5, 5.41) is 5.21. The van der Waals surface area contributed by atoms with E-state index in [0.717, 1.165) is 32.0 Å². The van der Waals surface area contributed by atoms with E-state index in [-0.39, 0.29) is 11.9 Å². The molecular formula is C12H18N4OS. The molecule has 1 aromatic heterocycles. The Bertz CT molecular complexity index is 435. The molecule has 1 amide bonds. The first-order chi connectivity index (χ1) is 8.72. The molecule has 0 spiro atoms. The Morgan fingerprint density at radius 2 is 2.11 bits per heavy atom. The van der Waals surface area contributed by atoms with Gasteiger partial charge in [0.1, 0.15) is 5.69 Å². The molecule has 98 valence electrons. The van der Waals surface area contributed by atoms with E-state index in [2.05, 4.69) is 15.2 Å². The first kappa shape index (κ1) is 11.9. The molecule has 0 bridgehead atoms. The van der Waals surface area contributed by atoms with Gasteiger partial charge < -0.3 is 16.0 Å². The molecule has 1 aromatic rings. The fourth-order valence-corrected chi connectivity index (χ4v) is 3.04. The summed E-state index contributed by atoms with van der Waals surface area (Å²) in [6.45, 7) is 2.21. The minimum Gasteiger partial charge on any atom is -0.375 e. The van der Waals surface area contributed by atoms with Crippen molar-refractivity contribution in [2.45, 2.75) is 37.8 Å². The van der Waals surface area contributed by atoms with E-state index >= 15 is 0 Å². The van der Waals surface area contributed by atoms with E-state index in [0.29, 0.717) is 10.8 Å². The summed E-state index contributed by atoms with van der Waals surface area (Å²) in [5.41, 5.74) is 5.98. The van der Waals surface area contributed by atoms with E-state index in [1.807, 2.05) is 0 Å². The van der Waals surface area contributed by atoms with Crippen molar-refractivity contribution in [2.24, 2.45) is 0 Å². The SMILES string of the molecule is Nc1nc(C(=O)NC2CCN(C3CC3)CC2)cs1. The Labute approximate surface area is 110 Å².